The van der Waals surface area contributed by atoms with Crippen molar-refractivity contribution >= 4 is 0 Å². The van der Waals surface area contributed by atoms with E-state index in [2.05, 4.69) is 34.6 Å². The van der Waals surface area contributed by atoms with Gasteiger partial charge in [0.15, 0.2) is 0 Å². The molecule has 0 aliphatic heterocycles. The Hall–Kier alpha value is 0. The van der Waals surface area contributed by atoms with Crippen molar-refractivity contribution < 1.29 is 0 Å². The fourth-order valence-electron chi connectivity index (χ4n) is 5.43. The molecule has 0 saturated heterocycles. The fourth-order valence-corrected chi connectivity index (χ4v) is 5.43. The maximum Gasteiger partial charge on any atom is -0.0409 e. The summed E-state index contributed by atoms with van der Waals surface area (Å²) in [7, 11) is 0. The molecule has 144 valence electrons. The van der Waals surface area contributed by atoms with Gasteiger partial charge in [0.2, 0.25) is 0 Å². The monoisotopic (exact) mass is 336 g/mol. The van der Waals surface area contributed by atoms with Gasteiger partial charge in [-0.25, -0.2) is 0 Å². The molecule has 0 heterocycles. The van der Waals surface area contributed by atoms with Crippen LogP contribution in [-0.2, 0) is 0 Å². The van der Waals surface area contributed by atoms with E-state index < -0.39 is 0 Å². The highest BCUT2D eigenvalue weighted by Crippen LogP contribution is 2.38. The number of unbranched alkanes of at least 4 members (excludes halogenated alkanes) is 3. The molecule has 0 nitrogen and oxygen atoms in total. The molecule has 0 spiro atoms. The van der Waals surface area contributed by atoms with Crippen molar-refractivity contribution in [1.82, 2.24) is 0 Å². The summed E-state index contributed by atoms with van der Waals surface area (Å²) in [6, 6.07) is 0. The van der Waals surface area contributed by atoms with Gasteiger partial charge >= 0.3 is 0 Å². The summed E-state index contributed by atoms with van der Waals surface area (Å²) in [4.78, 5) is 0. The van der Waals surface area contributed by atoms with Crippen molar-refractivity contribution in [3.8, 4) is 0 Å². The van der Waals surface area contributed by atoms with Gasteiger partial charge in [-0.05, 0) is 55.3 Å². The van der Waals surface area contributed by atoms with Crippen LogP contribution in [0.15, 0.2) is 0 Å². The van der Waals surface area contributed by atoms with Gasteiger partial charge < -0.3 is 0 Å². The summed E-state index contributed by atoms with van der Waals surface area (Å²) in [6.45, 7) is 12.1. The molecule has 0 bridgehead atoms. The lowest BCUT2D eigenvalue weighted by Gasteiger charge is -2.24. The third-order valence-electron chi connectivity index (χ3n) is 6.67. The van der Waals surface area contributed by atoms with Crippen molar-refractivity contribution in [3.05, 3.63) is 0 Å². The van der Waals surface area contributed by atoms with Crippen LogP contribution >= 0.6 is 0 Å². The van der Waals surface area contributed by atoms with E-state index in [-0.39, 0.29) is 0 Å². The molecular weight excluding hydrogens is 288 g/mol. The Balaban J connectivity index is 2.19. The van der Waals surface area contributed by atoms with E-state index >= 15 is 0 Å². The highest BCUT2D eigenvalue weighted by Gasteiger charge is 2.25. The van der Waals surface area contributed by atoms with Crippen molar-refractivity contribution in [2.75, 3.05) is 0 Å². The summed E-state index contributed by atoms with van der Waals surface area (Å²) in [5, 5.41) is 0. The van der Waals surface area contributed by atoms with E-state index in [4.69, 9.17) is 0 Å². The Morgan fingerprint density at radius 3 is 2.21 bits per heavy atom. The minimum absolute atomic E-state index is 0.934. The molecule has 0 N–H and O–H groups in total. The number of hydrogen-bond donors (Lipinski definition) is 0. The van der Waals surface area contributed by atoms with Crippen LogP contribution in [0.1, 0.15) is 125 Å². The highest BCUT2D eigenvalue weighted by molar-refractivity contribution is 4.77. The van der Waals surface area contributed by atoms with Gasteiger partial charge in [0.1, 0.15) is 0 Å². The van der Waals surface area contributed by atoms with Gasteiger partial charge in [-0.15, -0.1) is 0 Å². The third-order valence-corrected chi connectivity index (χ3v) is 6.67. The van der Waals surface area contributed by atoms with Crippen molar-refractivity contribution in [3.63, 3.8) is 0 Å². The standard InChI is InChI=1S/C24H48/c1-6-9-10-11-13-22(8-3)17-20(4)16-21(5)18-24-15-14-23(19-24)12-7-2/h20-24H,6-19H2,1-5H3. The second-order valence-corrected chi connectivity index (χ2v) is 9.37. The van der Waals surface area contributed by atoms with E-state index in [0.29, 0.717) is 0 Å². The smallest absolute Gasteiger partial charge is 0.0409 e. The summed E-state index contributed by atoms with van der Waals surface area (Å²) >= 11 is 0. The summed E-state index contributed by atoms with van der Waals surface area (Å²) in [6.07, 6.45) is 20.5. The summed E-state index contributed by atoms with van der Waals surface area (Å²) < 4.78 is 0. The third kappa shape index (κ3) is 9.47. The Bertz CT molecular complexity index is 282. The molecule has 0 aromatic rings. The van der Waals surface area contributed by atoms with Crippen LogP contribution in [0.2, 0.25) is 0 Å². The maximum atomic E-state index is 2.53. The van der Waals surface area contributed by atoms with Gasteiger partial charge in [-0.2, -0.15) is 0 Å². The van der Waals surface area contributed by atoms with E-state index in [1.807, 2.05) is 0 Å². The van der Waals surface area contributed by atoms with Crippen LogP contribution in [0.5, 0.6) is 0 Å². The van der Waals surface area contributed by atoms with Crippen LogP contribution in [0.25, 0.3) is 0 Å². The topological polar surface area (TPSA) is 0 Å². The minimum atomic E-state index is 0.934. The zero-order valence-corrected chi connectivity index (χ0v) is 17.8. The quantitative estimate of drug-likeness (QED) is 0.278. The second-order valence-electron chi connectivity index (χ2n) is 9.37. The average molecular weight is 337 g/mol. The predicted molar refractivity (Wildman–Crippen MR) is 110 cm³/mol. The molecule has 24 heavy (non-hydrogen) atoms. The number of hydrogen-bond acceptors (Lipinski definition) is 0. The van der Waals surface area contributed by atoms with Gasteiger partial charge in [0, 0.05) is 0 Å². The SMILES string of the molecule is CCCCCCC(CC)CC(C)CC(C)CC1CCC(CCC)C1. The highest BCUT2D eigenvalue weighted by atomic mass is 14.3. The first kappa shape index (κ1) is 22.0. The van der Waals surface area contributed by atoms with Crippen molar-refractivity contribution in [2.45, 2.75) is 125 Å². The largest absolute Gasteiger partial charge is 0.0654 e. The summed E-state index contributed by atoms with van der Waals surface area (Å²) in [5.41, 5.74) is 0. The molecule has 0 heteroatoms. The first-order valence-corrected chi connectivity index (χ1v) is 11.6. The molecule has 1 rings (SSSR count). The zero-order chi connectivity index (χ0) is 17.8. The average Bonchev–Trinajstić information content (AvgIpc) is 2.97. The van der Waals surface area contributed by atoms with E-state index in [1.165, 1.54) is 83.5 Å². The lowest BCUT2D eigenvalue weighted by Crippen LogP contribution is -2.12. The Labute approximate surface area is 154 Å². The minimum Gasteiger partial charge on any atom is -0.0654 e. The van der Waals surface area contributed by atoms with E-state index in [9.17, 15) is 0 Å². The van der Waals surface area contributed by atoms with Crippen LogP contribution < -0.4 is 0 Å². The molecule has 1 aliphatic carbocycles. The van der Waals surface area contributed by atoms with Gasteiger partial charge in [0.25, 0.3) is 0 Å². The molecule has 0 amide bonds. The second kappa shape index (κ2) is 13.2. The maximum absolute atomic E-state index is 2.53. The lowest BCUT2D eigenvalue weighted by atomic mass is 9.82. The predicted octanol–water partition coefficient (Wildman–Crippen LogP) is 8.64. The zero-order valence-electron chi connectivity index (χ0n) is 17.8. The molecule has 0 aromatic carbocycles. The van der Waals surface area contributed by atoms with Crippen LogP contribution in [-0.4, -0.2) is 0 Å². The molecule has 1 saturated carbocycles. The lowest BCUT2D eigenvalue weighted by molar-refractivity contribution is 0.279. The first-order valence-electron chi connectivity index (χ1n) is 11.6. The van der Waals surface area contributed by atoms with Gasteiger partial charge in [-0.1, -0.05) is 98.8 Å². The Kier molecular flexibility index (Phi) is 12.2. The van der Waals surface area contributed by atoms with Crippen LogP contribution in [0, 0.1) is 29.6 Å². The first-order chi connectivity index (χ1) is 11.6. The van der Waals surface area contributed by atoms with E-state index in [1.54, 1.807) is 6.42 Å². The van der Waals surface area contributed by atoms with Crippen molar-refractivity contribution in [2.24, 2.45) is 29.6 Å². The van der Waals surface area contributed by atoms with Gasteiger partial charge in [-0.3, -0.25) is 0 Å². The van der Waals surface area contributed by atoms with Crippen LogP contribution in [0.3, 0.4) is 0 Å². The molecular formula is C24H48. The van der Waals surface area contributed by atoms with E-state index in [0.717, 1.165) is 29.6 Å². The summed E-state index contributed by atoms with van der Waals surface area (Å²) in [5.74, 6) is 4.99. The fraction of sp³-hybridized carbons (Fsp3) is 1.00. The molecule has 5 atom stereocenters. The van der Waals surface area contributed by atoms with Crippen LogP contribution in [0.4, 0.5) is 0 Å². The normalized spacial score (nSPS) is 24.9. The van der Waals surface area contributed by atoms with Gasteiger partial charge in [0.05, 0.1) is 0 Å². The Morgan fingerprint density at radius 2 is 1.54 bits per heavy atom. The molecule has 5 unspecified atom stereocenters. The number of rotatable bonds is 14. The van der Waals surface area contributed by atoms with Crippen molar-refractivity contribution in [1.29, 1.82) is 0 Å². The molecule has 1 aliphatic rings. The molecule has 0 radical (unpaired) electrons. The Morgan fingerprint density at radius 1 is 0.792 bits per heavy atom. The molecule has 0 aromatic heterocycles. The molecule has 1 fully saturated rings.